The van der Waals surface area contributed by atoms with Gasteiger partial charge >= 0.3 is 51.2 Å². The molecule has 7 heavy (non-hydrogen) atoms. The standard InChI is InChI=1S/Ca.O4Si.S/c;1-5(2,3)4;/q+2;-4;+2. The molecule has 0 unspecified atom stereocenters. The van der Waals surface area contributed by atoms with Crippen LogP contribution in [0.2, 0.25) is 0 Å². The SMILES string of the molecule is [Ca+2].[O-][Si]([O-])([O-])[O-].[S+2]. The Morgan fingerprint density at radius 1 is 0.857 bits per heavy atom. The van der Waals surface area contributed by atoms with Crippen LogP contribution in [0.25, 0.3) is 0 Å². The van der Waals surface area contributed by atoms with Gasteiger partial charge in [-0.3, -0.25) is 0 Å². The van der Waals surface area contributed by atoms with Gasteiger partial charge in [0.2, 0.25) is 0 Å². The van der Waals surface area contributed by atoms with Gasteiger partial charge < -0.3 is 28.2 Å². The van der Waals surface area contributed by atoms with Crippen molar-refractivity contribution in [3.8, 4) is 0 Å². The fourth-order valence-corrected chi connectivity index (χ4v) is 0. The van der Waals surface area contributed by atoms with Crippen molar-refractivity contribution in [1.29, 1.82) is 0 Å². The predicted octanol–water partition coefficient (Wildman–Crippen LogP) is -5.52. The van der Waals surface area contributed by atoms with Crippen molar-refractivity contribution in [2.75, 3.05) is 0 Å². The van der Waals surface area contributed by atoms with E-state index in [0.29, 0.717) is 0 Å². The molecular formula is CaO4SSi. The molecule has 0 atom stereocenters. The smallest absolute Gasteiger partial charge is 0.894 e. The molecule has 0 aliphatic carbocycles. The van der Waals surface area contributed by atoms with Crippen LogP contribution in [0.15, 0.2) is 0 Å². The van der Waals surface area contributed by atoms with E-state index in [4.69, 9.17) is 19.2 Å². The van der Waals surface area contributed by atoms with Crippen molar-refractivity contribution in [1.82, 2.24) is 0 Å². The van der Waals surface area contributed by atoms with Gasteiger partial charge in [-0.05, 0) is 0 Å². The molecule has 0 fully saturated rings. The molecule has 4 nitrogen and oxygen atoms in total. The minimum Gasteiger partial charge on any atom is -0.894 e. The normalized spacial score (nSPS) is 8.57. The summed E-state index contributed by atoms with van der Waals surface area (Å²) in [6.45, 7) is 0. The third-order valence-corrected chi connectivity index (χ3v) is 0. The van der Waals surface area contributed by atoms with Crippen LogP contribution in [0, 0.1) is 0 Å². The molecule has 0 rings (SSSR count). The van der Waals surface area contributed by atoms with E-state index in [0.717, 1.165) is 0 Å². The van der Waals surface area contributed by atoms with E-state index in [1.54, 1.807) is 0 Å². The molecule has 0 aromatic heterocycles. The van der Waals surface area contributed by atoms with Crippen LogP contribution < -0.4 is 19.2 Å². The quantitative estimate of drug-likeness (QED) is 0.334. The average Bonchev–Trinajstić information content (AvgIpc) is 0.722. The minimum atomic E-state index is -5.61. The molecule has 0 aromatic rings. The number of rotatable bonds is 0. The van der Waals surface area contributed by atoms with Gasteiger partial charge in [0.15, 0.2) is 0 Å². The zero-order valence-corrected chi connectivity index (χ0v) is 7.27. The van der Waals surface area contributed by atoms with Crippen molar-refractivity contribution < 1.29 is 19.2 Å². The first-order valence-electron chi connectivity index (χ1n) is 0.816. The van der Waals surface area contributed by atoms with Crippen molar-refractivity contribution in [2.24, 2.45) is 0 Å². The molecule has 0 bridgehead atoms. The van der Waals surface area contributed by atoms with Crippen LogP contribution in [0.5, 0.6) is 0 Å². The Morgan fingerprint density at radius 3 is 0.857 bits per heavy atom. The Labute approximate surface area is 78.7 Å². The predicted molar refractivity (Wildman–Crippen MR) is 18.9 cm³/mol. The van der Waals surface area contributed by atoms with Crippen LogP contribution in [-0.2, 0) is 13.5 Å². The summed E-state index contributed by atoms with van der Waals surface area (Å²) >= 11 is 0. The van der Waals surface area contributed by atoms with Crippen LogP contribution in [0.1, 0.15) is 0 Å². The van der Waals surface area contributed by atoms with Gasteiger partial charge in [-0.2, -0.15) is 0 Å². The van der Waals surface area contributed by atoms with Crippen molar-refractivity contribution in [2.45, 2.75) is 0 Å². The molecule has 36 valence electrons. The second-order valence-corrected chi connectivity index (χ2v) is 1.50. The minimum absolute atomic E-state index is 0. The summed E-state index contributed by atoms with van der Waals surface area (Å²) in [5.41, 5.74) is 0. The van der Waals surface area contributed by atoms with Gasteiger partial charge in [0.25, 0.3) is 0 Å². The fraction of sp³-hybridized carbons (Fsp3) is 0. The van der Waals surface area contributed by atoms with Crippen molar-refractivity contribution >= 4 is 60.3 Å². The average molecular weight is 164 g/mol. The van der Waals surface area contributed by atoms with Gasteiger partial charge in [-0.15, -0.1) is 0 Å². The molecule has 0 saturated carbocycles. The first-order valence-corrected chi connectivity index (χ1v) is 2.45. The van der Waals surface area contributed by atoms with Crippen molar-refractivity contribution in [3.63, 3.8) is 0 Å². The second kappa shape index (κ2) is 5.80. The molecule has 0 amide bonds. The van der Waals surface area contributed by atoms with Crippen LogP contribution in [0.4, 0.5) is 0 Å². The fourth-order valence-electron chi connectivity index (χ4n) is 0. The van der Waals surface area contributed by atoms with Gasteiger partial charge in [0.1, 0.15) is 0 Å². The number of hydrogen-bond donors (Lipinski definition) is 0. The molecule has 0 aliphatic rings. The van der Waals surface area contributed by atoms with E-state index in [9.17, 15) is 0 Å². The zero-order chi connectivity index (χ0) is 4.50. The van der Waals surface area contributed by atoms with Gasteiger partial charge in [-0.25, -0.2) is 0 Å². The van der Waals surface area contributed by atoms with E-state index in [2.05, 4.69) is 0 Å². The summed E-state index contributed by atoms with van der Waals surface area (Å²) in [5.74, 6) is 0. The Morgan fingerprint density at radius 2 is 0.857 bits per heavy atom. The van der Waals surface area contributed by atoms with Gasteiger partial charge in [0.05, 0.1) is 0 Å². The number of hydrogen-bond acceptors (Lipinski definition) is 4. The van der Waals surface area contributed by atoms with E-state index in [1.807, 2.05) is 0 Å². The summed E-state index contributed by atoms with van der Waals surface area (Å²) in [6, 6.07) is 0. The molecule has 0 heterocycles. The van der Waals surface area contributed by atoms with Gasteiger partial charge in [0, 0.05) is 0 Å². The maximum absolute atomic E-state index is 8.58. The van der Waals surface area contributed by atoms with E-state index in [-0.39, 0.29) is 51.2 Å². The molecule has 0 spiro atoms. The molecule has 0 N–H and O–H groups in total. The Bertz CT molecular complexity index is 27.2. The Kier molecular flexibility index (Phi) is 13.1. The van der Waals surface area contributed by atoms with Crippen molar-refractivity contribution in [3.05, 3.63) is 0 Å². The summed E-state index contributed by atoms with van der Waals surface area (Å²) in [4.78, 5) is 34.3. The largest absolute Gasteiger partial charge is 2.00 e. The molecule has 7 heteroatoms. The second-order valence-electron chi connectivity index (χ2n) is 0.500. The van der Waals surface area contributed by atoms with E-state index < -0.39 is 9.05 Å². The van der Waals surface area contributed by atoms with Crippen LogP contribution in [0.3, 0.4) is 0 Å². The van der Waals surface area contributed by atoms with E-state index >= 15 is 0 Å². The summed E-state index contributed by atoms with van der Waals surface area (Å²) in [6.07, 6.45) is 0. The molecule has 0 aromatic carbocycles. The summed E-state index contributed by atoms with van der Waals surface area (Å²) < 4.78 is 0. The Balaban J connectivity index is -0.0000000800. The monoisotopic (exact) mass is 164 g/mol. The van der Waals surface area contributed by atoms with Crippen LogP contribution in [-0.4, -0.2) is 46.8 Å². The maximum atomic E-state index is 8.58. The first-order chi connectivity index (χ1) is 2.00. The molecule has 4 radical (unpaired) electrons. The zero-order valence-electron chi connectivity index (χ0n) is 3.25. The molecular weight excluding hydrogens is 164 g/mol. The topological polar surface area (TPSA) is 92.2 Å². The third-order valence-electron chi connectivity index (χ3n) is 0. The van der Waals surface area contributed by atoms with Gasteiger partial charge in [-0.1, -0.05) is 0 Å². The summed E-state index contributed by atoms with van der Waals surface area (Å²) in [7, 11) is -5.61. The first kappa shape index (κ1) is 15.9. The maximum Gasteiger partial charge on any atom is 2.00 e. The molecule has 0 aliphatic heterocycles. The Hall–Kier alpha value is 1.67. The van der Waals surface area contributed by atoms with Crippen LogP contribution >= 0.6 is 0 Å². The molecule has 0 saturated heterocycles. The van der Waals surface area contributed by atoms with E-state index in [1.165, 1.54) is 0 Å². The summed E-state index contributed by atoms with van der Waals surface area (Å²) in [5, 5.41) is 0. The third kappa shape index (κ3) is 88.6.